The van der Waals surface area contributed by atoms with Gasteiger partial charge in [0.2, 0.25) is 0 Å². The standard InChI is InChI=1S/C21H44O3Si/c1-6-10-11-12-13-14-15-16-17-18-19-20-21(5)25(22-7-2,23-8-3)24-9-4/h20H,6-19H2,1-5H3/b21-20-. The van der Waals surface area contributed by atoms with Gasteiger partial charge in [-0.05, 0) is 45.7 Å². The summed E-state index contributed by atoms with van der Waals surface area (Å²) in [7, 11) is -2.64. The molecule has 0 aromatic heterocycles. The van der Waals surface area contributed by atoms with Crippen molar-refractivity contribution >= 4 is 8.80 Å². The van der Waals surface area contributed by atoms with Crippen LogP contribution in [-0.4, -0.2) is 28.6 Å². The summed E-state index contributed by atoms with van der Waals surface area (Å²) < 4.78 is 17.8. The van der Waals surface area contributed by atoms with E-state index in [1.807, 2.05) is 20.8 Å². The minimum atomic E-state index is -2.64. The average Bonchev–Trinajstić information content (AvgIpc) is 2.60. The number of unbranched alkanes of at least 4 members (excludes halogenated alkanes) is 10. The molecule has 0 bridgehead atoms. The molecule has 0 saturated heterocycles. The predicted molar refractivity (Wildman–Crippen MR) is 111 cm³/mol. The fraction of sp³-hybridized carbons (Fsp3) is 0.905. The summed E-state index contributed by atoms with van der Waals surface area (Å²) >= 11 is 0. The maximum Gasteiger partial charge on any atom is 0.532 e. The van der Waals surface area contributed by atoms with Gasteiger partial charge in [-0.3, -0.25) is 0 Å². The monoisotopic (exact) mass is 372 g/mol. The Labute approximate surface area is 158 Å². The third-order valence-electron chi connectivity index (χ3n) is 4.49. The van der Waals surface area contributed by atoms with Gasteiger partial charge in [0.05, 0.1) is 0 Å². The van der Waals surface area contributed by atoms with Crippen molar-refractivity contribution in [3.63, 3.8) is 0 Å². The first-order valence-corrected chi connectivity index (χ1v) is 12.5. The quantitative estimate of drug-likeness (QED) is 0.195. The summed E-state index contributed by atoms with van der Waals surface area (Å²) in [6.07, 6.45) is 17.2. The van der Waals surface area contributed by atoms with Gasteiger partial charge in [0.15, 0.2) is 0 Å². The Hall–Kier alpha value is -0.163. The maximum absolute atomic E-state index is 5.95. The van der Waals surface area contributed by atoms with E-state index in [0.717, 1.165) is 6.42 Å². The summed E-state index contributed by atoms with van der Waals surface area (Å²) in [5, 5.41) is 1.17. The van der Waals surface area contributed by atoms with Gasteiger partial charge in [-0.15, -0.1) is 0 Å². The van der Waals surface area contributed by atoms with Crippen LogP contribution in [-0.2, 0) is 13.3 Å². The minimum Gasteiger partial charge on any atom is -0.371 e. The Balaban J connectivity index is 4.00. The number of hydrogen-bond donors (Lipinski definition) is 0. The average molecular weight is 373 g/mol. The van der Waals surface area contributed by atoms with Gasteiger partial charge in [-0.1, -0.05) is 70.8 Å². The highest BCUT2D eigenvalue weighted by molar-refractivity contribution is 6.68. The minimum absolute atomic E-state index is 0.635. The first-order chi connectivity index (χ1) is 12.2. The van der Waals surface area contributed by atoms with Gasteiger partial charge >= 0.3 is 8.80 Å². The molecule has 0 spiro atoms. The van der Waals surface area contributed by atoms with Crippen LogP contribution in [0.3, 0.4) is 0 Å². The second-order valence-electron chi connectivity index (χ2n) is 6.71. The van der Waals surface area contributed by atoms with E-state index in [2.05, 4.69) is 19.9 Å². The Morgan fingerprint density at radius 3 is 1.44 bits per heavy atom. The molecular formula is C21H44O3Si. The lowest BCUT2D eigenvalue weighted by molar-refractivity contribution is 0.0807. The van der Waals surface area contributed by atoms with Crippen molar-refractivity contribution < 1.29 is 13.3 Å². The van der Waals surface area contributed by atoms with Crippen LogP contribution in [0.4, 0.5) is 0 Å². The fourth-order valence-corrected chi connectivity index (χ4v) is 5.58. The molecule has 0 aromatic carbocycles. The van der Waals surface area contributed by atoms with Crippen LogP contribution in [0.2, 0.25) is 0 Å². The van der Waals surface area contributed by atoms with Crippen molar-refractivity contribution in [3.8, 4) is 0 Å². The molecule has 0 radical (unpaired) electrons. The highest BCUT2D eigenvalue weighted by atomic mass is 28.4. The van der Waals surface area contributed by atoms with E-state index in [4.69, 9.17) is 13.3 Å². The molecule has 0 saturated carbocycles. The summed E-state index contributed by atoms with van der Waals surface area (Å²) in [6.45, 7) is 12.3. The normalized spacial score (nSPS) is 12.8. The summed E-state index contributed by atoms with van der Waals surface area (Å²) in [4.78, 5) is 0. The van der Waals surface area contributed by atoms with Crippen LogP contribution in [0, 0.1) is 0 Å². The lowest BCUT2D eigenvalue weighted by Gasteiger charge is -2.29. The first-order valence-electron chi connectivity index (χ1n) is 10.8. The van der Waals surface area contributed by atoms with Crippen LogP contribution in [0.15, 0.2) is 11.3 Å². The second kappa shape index (κ2) is 17.3. The first kappa shape index (κ1) is 24.8. The number of allylic oxidation sites excluding steroid dienone is 2. The zero-order valence-corrected chi connectivity index (χ0v) is 18.7. The van der Waals surface area contributed by atoms with Crippen molar-refractivity contribution in [1.29, 1.82) is 0 Å². The van der Waals surface area contributed by atoms with E-state index in [9.17, 15) is 0 Å². The zero-order valence-electron chi connectivity index (χ0n) is 17.7. The fourth-order valence-electron chi connectivity index (χ4n) is 3.11. The molecule has 0 atom stereocenters. The molecule has 0 fully saturated rings. The molecule has 0 aliphatic carbocycles. The van der Waals surface area contributed by atoms with Gasteiger partial charge < -0.3 is 13.3 Å². The second-order valence-corrected chi connectivity index (χ2v) is 9.48. The number of hydrogen-bond acceptors (Lipinski definition) is 3. The van der Waals surface area contributed by atoms with E-state index in [-0.39, 0.29) is 0 Å². The largest absolute Gasteiger partial charge is 0.532 e. The SMILES string of the molecule is CCCCCCCCCCCC/C=C(/C)[Si](OCC)(OCC)OCC. The molecule has 0 unspecified atom stereocenters. The third-order valence-corrected chi connectivity index (χ3v) is 7.67. The molecule has 0 aliphatic rings. The lowest BCUT2D eigenvalue weighted by atomic mass is 10.1. The zero-order chi connectivity index (χ0) is 18.8. The van der Waals surface area contributed by atoms with Gasteiger partial charge in [0, 0.05) is 19.8 Å². The van der Waals surface area contributed by atoms with E-state index in [0.29, 0.717) is 19.8 Å². The molecule has 0 rings (SSSR count). The van der Waals surface area contributed by atoms with Crippen LogP contribution < -0.4 is 0 Å². The Morgan fingerprint density at radius 1 is 0.640 bits per heavy atom. The molecule has 4 heteroatoms. The van der Waals surface area contributed by atoms with E-state index in [1.54, 1.807) is 0 Å². The molecule has 25 heavy (non-hydrogen) atoms. The molecule has 0 aliphatic heterocycles. The van der Waals surface area contributed by atoms with Crippen LogP contribution >= 0.6 is 0 Å². The van der Waals surface area contributed by atoms with Crippen LogP contribution in [0.25, 0.3) is 0 Å². The number of rotatable bonds is 18. The Bertz CT molecular complexity index is 301. The van der Waals surface area contributed by atoms with Gasteiger partial charge in [0.1, 0.15) is 0 Å². The Kier molecular flexibility index (Phi) is 17.1. The highest BCUT2D eigenvalue weighted by Gasteiger charge is 2.42. The topological polar surface area (TPSA) is 27.7 Å². The Morgan fingerprint density at radius 2 is 1.04 bits per heavy atom. The predicted octanol–water partition coefficient (Wildman–Crippen LogP) is 6.83. The lowest BCUT2D eigenvalue weighted by Crippen LogP contribution is -2.47. The van der Waals surface area contributed by atoms with Crippen molar-refractivity contribution in [3.05, 3.63) is 11.3 Å². The molecule has 0 aromatic rings. The van der Waals surface area contributed by atoms with Gasteiger partial charge in [0.25, 0.3) is 0 Å². The van der Waals surface area contributed by atoms with Crippen LogP contribution in [0.5, 0.6) is 0 Å². The highest BCUT2D eigenvalue weighted by Crippen LogP contribution is 2.21. The smallest absolute Gasteiger partial charge is 0.371 e. The molecule has 0 amide bonds. The molecule has 0 heterocycles. The van der Waals surface area contributed by atoms with Crippen molar-refractivity contribution in [1.82, 2.24) is 0 Å². The molecular weight excluding hydrogens is 328 g/mol. The van der Waals surface area contributed by atoms with Crippen molar-refractivity contribution in [2.24, 2.45) is 0 Å². The molecule has 150 valence electrons. The molecule has 0 N–H and O–H groups in total. The van der Waals surface area contributed by atoms with Gasteiger partial charge in [-0.25, -0.2) is 0 Å². The summed E-state index contributed by atoms with van der Waals surface area (Å²) in [5.41, 5.74) is 0. The van der Waals surface area contributed by atoms with Crippen LogP contribution in [0.1, 0.15) is 105 Å². The third kappa shape index (κ3) is 12.0. The summed E-state index contributed by atoms with van der Waals surface area (Å²) in [6, 6.07) is 0. The van der Waals surface area contributed by atoms with E-state index >= 15 is 0 Å². The molecule has 3 nitrogen and oxygen atoms in total. The van der Waals surface area contributed by atoms with Gasteiger partial charge in [-0.2, -0.15) is 0 Å². The van der Waals surface area contributed by atoms with Crippen molar-refractivity contribution in [2.75, 3.05) is 19.8 Å². The van der Waals surface area contributed by atoms with E-state index < -0.39 is 8.80 Å². The summed E-state index contributed by atoms with van der Waals surface area (Å²) in [5.74, 6) is 0. The maximum atomic E-state index is 5.95. The van der Waals surface area contributed by atoms with E-state index in [1.165, 1.54) is 69.4 Å². The van der Waals surface area contributed by atoms with Crippen molar-refractivity contribution in [2.45, 2.75) is 105 Å².